The van der Waals surface area contributed by atoms with E-state index in [9.17, 15) is 0 Å². The lowest BCUT2D eigenvalue weighted by molar-refractivity contribution is 0.106. The molecule has 4 nitrogen and oxygen atoms in total. The summed E-state index contributed by atoms with van der Waals surface area (Å²) in [6.07, 6.45) is 2.19. The lowest BCUT2D eigenvalue weighted by atomic mass is 9.81. The third-order valence-corrected chi connectivity index (χ3v) is 8.35. The Kier molecular flexibility index (Phi) is 7.06. The smallest absolute Gasteiger partial charge is 0.0588 e. The van der Waals surface area contributed by atoms with Gasteiger partial charge in [-0.05, 0) is 47.0 Å². The van der Waals surface area contributed by atoms with E-state index in [4.69, 9.17) is 11.6 Å². The summed E-state index contributed by atoms with van der Waals surface area (Å²) in [5, 5.41) is 0.808. The zero-order chi connectivity index (χ0) is 25.2. The number of hydrogen-bond acceptors (Lipinski definition) is 3. The van der Waals surface area contributed by atoms with Crippen LogP contribution < -0.4 is 4.90 Å². The minimum atomic E-state index is 0.320. The Bertz CT molecular complexity index is 1330. The maximum absolute atomic E-state index is 6.28. The fourth-order valence-corrected chi connectivity index (χ4v) is 6.45. The lowest BCUT2D eigenvalue weighted by Crippen LogP contribution is -2.49. The van der Waals surface area contributed by atoms with Crippen LogP contribution >= 0.6 is 11.6 Å². The highest BCUT2D eigenvalue weighted by Crippen LogP contribution is 2.44. The molecule has 0 aliphatic carbocycles. The van der Waals surface area contributed by atoms with Crippen molar-refractivity contribution in [1.82, 2.24) is 14.4 Å². The summed E-state index contributed by atoms with van der Waals surface area (Å²) >= 11 is 6.28. The first-order valence-electron chi connectivity index (χ1n) is 13.4. The van der Waals surface area contributed by atoms with E-state index in [1.54, 1.807) is 0 Å². The SMILES string of the molecule is Cn1cccc1C1C(CN2CCN(c3cccc(Cl)c3)CC2)c2ccccc2CN1Cc1ccccc1. The third kappa shape index (κ3) is 5.19. The van der Waals surface area contributed by atoms with E-state index < -0.39 is 0 Å². The molecule has 0 N–H and O–H groups in total. The summed E-state index contributed by atoms with van der Waals surface area (Å²) in [5.74, 6) is 0.403. The van der Waals surface area contributed by atoms with Crippen LogP contribution in [-0.2, 0) is 20.1 Å². The number of nitrogens with zero attached hydrogens (tertiary/aromatic N) is 4. The highest BCUT2D eigenvalue weighted by molar-refractivity contribution is 6.30. The minimum Gasteiger partial charge on any atom is -0.369 e. The number of benzene rings is 3. The van der Waals surface area contributed by atoms with E-state index in [-0.39, 0.29) is 0 Å². The maximum atomic E-state index is 6.28. The maximum Gasteiger partial charge on any atom is 0.0588 e. The molecule has 0 saturated carbocycles. The Morgan fingerprint density at radius 3 is 2.35 bits per heavy atom. The molecule has 0 bridgehead atoms. The van der Waals surface area contributed by atoms with Crippen LogP contribution in [0.5, 0.6) is 0 Å². The number of fused-ring (bicyclic) bond motifs is 1. The minimum absolute atomic E-state index is 0.320. The lowest BCUT2D eigenvalue weighted by Gasteiger charge is -2.46. The molecule has 2 aliphatic heterocycles. The average Bonchev–Trinajstić information content (AvgIpc) is 3.35. The van der Waals surface area contributed by atoms with Crippen LogP contribution in [0.2, 0.25) is 5.02 Å². The molecule has 5 heteroatoms. The standard InChI is InChI=1S/C32H35ClN4/c1-34-16-8-15-31(34)32-30(24-35-17-19-36(20-18-35)28-13-7-12-27(33)21-28)29-14-6-5-11-26(29)23-37(32)22-25-9-3-2-4-10-25/h2-16,21,30,32H,17-20,22-24H2,1H3. The molecular formula is C32H35ClN4. The van der Waals surface area contributed by atoms with Gasteiger partial charge in [-0.15, -0.1) is 0 Å². The van der Waals surface area contributed by atoms with Crippen molar-refractivity contribution in [3.63, 3.8) is 0 Å². The van der Waals surface area contributed by atoms with Gasteiger partial charge in [0.25, 0.3) is 0 Å². The molecule has 4 aromatic rings. The fraction of sp³-hybridized carbons (Fsp3) is 0.312. The summed E-state index contributed by atoms with van der Waals surface area (Å²) in [6.45, 7) is 7.15. The summed E-state index contributed by atoms with van der Waals surface area (Å²) in [4.78, 5) is 7.83. The Morgan fingerprint density at radius 1 is 0.811 bits per heavy atom. The summed E-state index contributed by atoms with van der Waals surface area (Å²) in [5.41, 5.74) is 6.97. The molecule has 2 atom stereocenters. The molecular weight excluding hydrogens is 476 g/mol. The van der Waals surface area contributed by atoms with Crippen LogP contribution in [-0.4, -0.2) is 47.1 Å². The Balaban J connectivity index is 1.28. The number of aryl methyl sites for hydroxylation is 1. The predicted molar refractivity (Wildman–Crippen MR) is 153 cm³/mol. The van der Waals surface area contributed by atoms with Gasteiger partial charge in [0, 0.05) is 81.4 Å². The molecule has 1 fully saturated rings. The highest BCUT2D eigenvalue weighted by atomic mass is 35.5. The normalized spacial score (nSPS) is 20.6. The summed E-state index contributed by atoms with van der Waals surface area (Å²) in [7, 11) is 2.19. The van der Waals surface area contributed by atoms with Crippen LogP contribution in [0, 0.1) is 0 Å². The molecule has 0 radical (unpaired) electrons. The molecule has 3 aromatic carbocycles. The van der Waals surface area contributed by atoms with Gasteiger partial charge in [-0.25, -0.2) is 0 Å². The third-order valence-electron chi connectivity index (χ3n) is 8.12. The van der Waals surface area contributed by atoms with Crippen LogP contribution in [0.1, 0.15) is 34.3 Å². The second kappa shape index (κ2) is 10.7. The summed E-state index contributed by atoms with van der Waals surface area (Å²) < 4.78 is 2.32. The van der Waals surface area contributed by atoms with Gasteiger partial charge < -0.3 is 9.47 Å². The summed E-state index contributed by atoms with van der Waals surface area (Å²) in [6, 6.07) is 33.1. The van der Waals surface area contributed by atoms with E-state index in [1.165, 1.54) is 28.1 Å². The molecule has 2 aliphatic rings. The molecule has 0 spiro atoms. The first-order chi connectivity index (χ1) is 18.2. The van der Waals surface area contributed by atoms with Gasteiger partial charge in [0.15, 0.2) is 0 Å². The van der Waals surface area contributed by atoms with Crippen molar-refractivity contribution in [3.05, 3.63) is 125 Å². The van der Waals surface area contributed by atoms with Crippen LogP contribution in [0.15, 0.2) is 97.2 Å². The molecule has 6 rings (SSSR count). The number of anilines is 1. The van der Waals surface area contributed by atoms with Gasteiger partial charge in [0.2, 0.25) is 0 Å². The highest BCUT2D eigenvalue weighted by Gasteiger charge is 2.38. The first kappa shape index (κ1) is 24.3. The van der Waals surface area contributed by atoms with E-state index in [2.05, 4.69) is 117 Å². The zero-order valence-corrected chi connectivity index (χ0v) is 22.3. The van der Waals surface area contributed by atoms with Crippen LogP contribution in [0.4, 0.5) is 5.69 Å². The molecule has 3 heterocycles. The number of piperazine rings is 1. The molecule has 190 valence electrons. The average molecular weight is 511 g/mol. The van der Waals surface area contributed by atoms with Crippen molar-refractivity contribution in [3.8, 4) is 0 Å². The van der Waals surface area contributed by atoms with Gasteiger partial charge in [-0.1, -0.05) is 72.3 Å². The number of hydrogen-bond donors (Lipinski definition) is 0. The molecule has 37 heavy (non-hydrogen) atoms. The van der Waals surface area contributed by atoms with Gasteiger partial charge in [0.1, 0.15) is 0 Å². The Labute approximate surface area is 225 Å². The number of aromatic nitrogens is 1. The quantitative estimate of drug-likeness (QED) is 0.301. The van der Waals surface area contributed by atoms with E-state index in [1.807, 2.05) is 6.07 Å². The van der Waals surface area contributed by atoms with Crippen molar-refractivity contribution in [1.29, 1.82) is 0 Å². The Morgan fingerprint density at radius 2 is 1.59 bits per heavy atom. The first-order valence-corrected chi connectivity index (χ1v) is 13.7. The van der Waals surface area contributed by atoms with Gasteiger partial charge in [-0.2, -0.15) is 0 Å². The van der Waals surface area contributed by atoms with Gasteiger partial charge in [0.05, 0.1) is 6.04 Å². The van der Waals surface area contributed by atoms with E-state index in [0.717, 1.165) is 50.8 Å². The van der Waals surface area contributed by atoms with Crippen LogP contribution in [0.3, 0.4) is 0 Å². The molecule has 0 amide bonds. The van der Waals surface area contributed by atoms with Crippen molar-refractivity contribution >= 4 is 17.3 Å². The molecule has 1 aromatic heterocycles. The van der Waals surface area contributed by atoms with Gasteiger partial charge in [-0.3, -0.25) is 9.80 Å². The van der Waals surface area contributed by atoms with Crippen molar-refractivity contribution < 1.29 is 0 Å². The largest absolute Gasteiger partial charge is 0.369 e. The van der Waals surface area contributed by atoms with Crippen molar-refractivity contribution in [2.45, 2.75) is 25.0 Å². The Hall–Kier alpha value is -3.05. The van der Waals surface area contributed by atoms with Gasteiger partial charge >= 0.3 is 0 Å². The number of halogens is 1. The van der Waals surface area contributed by atoms with Crippen molar-refractivity contribution in [2.75, 3.05) is 37.6 Å². The second-order valence-corrected chi connectivity index (χ2v) is 10.9. The van der Waals surface area contributed by atoms with Crippen molar-refractivity contribution in [2.24, 2.45) is 7.05 Å². The molecule has 2 unspecified atom stereocenters. The van der Waals surface area contributed by atoms with Crippen LogP contribution in [0.25, 0.3) is 0 Å². The molecule has 1 saturated heterocycles. The predicted octanol–water partition coefficient (Wildman–Crippen LogP) is 6.34. The van der Waals surface area contributed by atoms with E-state index in [0.29, 0.717) is 12.0 Å². The number of rotatable bonds is 6. The fourth-order valence-electron chi connectivity index (χ4n) is 6.27. The topological polar surface area (TPSA) is 14.7 Å². The monoisotopic (exact) mass is 510 g/mol. The van der Waals surface area contributed by atoms with E-state index >= 15 is 0 Å². The zero-order valence-electron chi connectivity index (χ0n) is 21.5. The second-order valence-electron chi connectivity index (χ2n) is 10.5.